The van der Waals surface area contributed by atoms with Crippen LogP contribution in [0.5, 0.6) is 0 Å². The van der Waals surface area contributed by atoms with Crippen molar-refractivity contribution in [1.82, 2.24) is 0 Å². The molecular formula is C111H112O28. The van der Waals surface area contributed by atoms with Gasteiger partial charge in [-0.2, -0.15) is 0 Å². The zero-order valence-corrected chi connectivity index (χ0v) is 77.0. The van der Waals surface area contributed by atoms with Crippen molar-refractivity contribution in [2.45, 2.75) is 51.9 Å². The van der Waals surface area contributed by atoms with Crippen LogP contribution >= 0.6 is 0 Å². The van der Waals surface area contributed by atoms with Gasteiger partial charge in [0.15, 0.2) is 0 Å². The molecule has 28 heteroatoms. The lowest BCUT2D eigenvalue weighted by Crippen LogP contribution is -2.22. The lowest BCUT2D eigenvalue weighted by atomic mass is 10.2. The Hall–Kier alpha value is -16.7. The molecule has 0 amide bonds. The third-order valence-electron chi connectivity index (χ3n) is 17.2. The van der Waals surface area contributed by atoms with Crippen molar-refractivity contribution in [3.8, 4) is 0 Å². The number of esters is 12. The zero-order chi connectivity index (χ0) is 100. The van der Waals surface area contributed by atoms with E-state index in [0.29, 0.717) is 62.9 Å². The molecule has 724 valence electrons. The van der Waals surface area contributed by atoms with Crippen molar-refractivity contribution in [2.24, 2.45) is 0 Å². The number of carbonyl (C=O) groups is 12. The highest BCUT2D eigenvalue weighted by molar-refractivity contribution is 5.94. The summed E-state index contributed by atoms with van der Waals surface area (Å²) in [6.07, 6.45) is 8.39. The van der Waals surface area contributed by atoms with E-state index in [0.717, 1.165) is 16.7 Å². The Morgan fingerprint density at radius 2 is 0.424 bits per heavy atom. The normalized spacial score (nSPS) is 10.7. The van der Waals surface area contributed by atoms with Gasteiger partial charge in [0, 0.05) is 37.7 Å². The SMILES string of the molecule is CC(CO)OC(=O)c1ccccc1.CC(COC(=O)c1ccccc1)OC(=O)c1ccccc1.CC(O)COC(=O)c1ccccc1.O=C(/C=C/c1ccccc1)OCCO.O=C(/C=C/c1ccccc1)OCCOC(=O)/C=C/c1ccccc1.O=C(OCCCO)c1ccccc1.O=C(OCCCOC(=O)c1ccccc1)c1ccccc1.O=C(OCCOC(=O)c1ccccc1)c1ccccc1. The number of aliphatic hydroxyl groups is 4. The van der Waals surface area contributed by atoms with Gasteiger partial charge in [-0.1, -0.05) is 255 Å². The molecule has 139 heavy (non-hydrogen) atoms. The van der Waals surface area contributed by atoms with Gasteiger partial charge in [0.25, 0.3) is 0 Å². The molecule has 0 aliphatic rings. The summed E-state index contributed by atoms with van der Waals surface area (Å²) < 4.78 is 59.6. The van der Waals surface area contributed by atoms with Crippen LogP contribution in [0.3, 0.4) is 0 Å². The number of rotatable bonds is 37. The Balaban J connectivity index is 0.000000283. The molecule has 0 bridgehead atoms. The second-order valence-corrected chi connectivity index (χ2v) is 28.5. The molecule has 0 fully saturated rings. The van der Waals surface area contributed by atoms with Gasteiger partial charge < -0.3 is 77.3 Å². The second-order valence-electron chi connectivity index (χ2n) is 28.5. The standard InChI is InChI=1S/C20H18O4.2C17H16O4.C16H14O4.C11H12O3.3C10H12O3/c21-19(13-11-17-7-3-1-4-8-17)23-15-16-24-20(22)14-12-18-9-5-2-6-10-18;1-13(21-17(19)15-10-6-3-7-11-15)12-20-16(18)14-8-4-2-5-9-14;18-16(14-8-3-1-4-9-14)20-12-7-13-21-17(19)15-10-5-2-6-11-15;17-15(13-7-3-1-4-8-13)19-11-12-20-16(18)14-9-5-2-6-10-14;12-8-9-14-11(13)7-6-10-4-2-1-3-5-10;1-8(11)7-13-10(12)9-5-3-2-4-6-9;1-8(7-11)13-10(12)9-5-3-2-4-6-9;11-7-4-8-13-10(12)9-5-2-1-3-6-9/h1-14H,15-16H2;2-11,13H,12H2,1H3;1-6,8-11H,7,12-13H2;1-10H,11-12H2;1-7,12H,8-9H2;2*2-6,8,11H,7H2,1H3;1-3,5-6,11H,4,7-8H2/b13-11+,14-12+;;;;7-6+;;;. The number of aliphatic hydroxyl groups excluding tert-OH is 4. The van der Waals surface area contributed by atoms with Crippen LogP contribution < -0.4 is 0 Å². The van der Waals surface area contributed by atoms with E-state index < -0.39 is 72.0 Å². The maximum atomic E-state index is 11.8. The van der Waals surface area contributed by atoms with Gasteiger partial charge >= 0.3 is 71.6 Å². The van der Waals surface area contributed by atoms with Gasteiger partial charge in [-0.05, 0) is 165 Å². The smallest absolute Gasteiger partial charge is 0.338 e. The summed E-state index contributed by atoms with van der Waals surface area (Å²) in [7, 11) is 0. The summed E-state index contributed by atoms with van der Waals surface area (Å²) in [5, 5.41) is 34.4. The maximum Gasteiger partial charge on any atom is 0.338 e. The summed E-state index contributed by atoms with van der Waals surface area (Å²) in [6, 6.07) is 107. The van der Waals surface area contributed by atoms with E-state index in [4.69, 9.17) is 72.5 Å². The molecule has 0 spiro atoms. The van der Waals surface area contributed by atoms with E-state index in [1.807, 2.05) is 146 Å². The van der Waals surface area contributed by atoms with Crippen LogP contribution in [0.1, 0.15) is 144 Å². The van der Waals surface area contributed by atoms with Crippen molar-refractivity contribution in [3.05, 3.63) is 449 Å². The number of carbonyl (C=O) groups excluding carboxylic acids is 12. The first-order valence-electron chi connectivity index (χ1n) is 43.8. The molecule has 3 atom stereocenters. The molecule has 0 aromatic heterocycles. The monoisotopic (exact) mass is 1890 g/mol. The van der Waals surface area contributed by atoms with E-state index in [1.165, 1.54) is 18.2 Å². The fraction of sp³-hybridized carbons (Fsp3) is 0.189. The number of benzene rings is 12. The van der Waals surface area contributed by atoms with Crippen LogP contribution in [0.15, 0.2) is 382 Å². The summed E-state index contributed by atoms with van der Waals surface area (Å²) in [5.74, 6) is -5.00. The minimum Gasteiger partial charge on any atom is -0.462 e. The molecule has 28 nitrogen and oxygen atoms in total. The van der Waals surface area contributed by atoms with Gasteiger partial charge in [-0.15, -0.1) is 0 Å². The Bertz CT molecular complexity index is 5400. The molecule has 0 radical (unpaired) electrons. The highest BCUT2D eigenvalue weighted by atomic mass is 16.6. The minimum atomic E-state index is -0.618. The Labute approximate surface area is 807 Å². The van der Waals surface area contributed by atoms with Gasteiger partial charge in [0.1, 0.15) is 58.5 Å². The van der Waals surface area contributed by atoms with Crippen LogP contribution in [0.2, 0.25) is 0 Å². The van der Waals surface area contributed by atoms with Crippen molar-refractivity contribution in [2.75, 3.05) is 85.9 Å². The Morgan fingerprint density at radius 1 is 0.223 bits per heavy atom. The molecule has 12 aromatic carbocycles. The van der Waals surface area contributed by atoms with E-state index in [-0.39, 0.29) is 104 Å². The summed E-state index contributed by atoms with van der Waals surface area (Å²) in [6.45, 7) is 5.53. The van der Waals surface area contributed by atoms with Gasteiger partial charge in [0.05, 0.1) is 89.2 Å². The minimum absolute atomic E-state index is 0.0167. The molecule has 0 aliphatic carbocycles. The van der Waals surface area contributed by atoms with E-state index in [9.17, 15) is 57.5 Å². The predicted molar refractivity (Wildman–Crippen MR) is 521 cm³/mol. The zero-order valence-electron chi connectivity index (χ0n) is 77.0. The summed E-state index contributed by atoms with van der Waals surface area (Å²) >= 11 is 0. The lowest BCUT2D eigenvalue weighted by molar-refractivity contribution is -0.145. The average molecular weight is 1890 g/mol. The first kappa shape index (κ1) is 113. The fourth-order valence-corrected chi connectivity index (χ4v) is 10.4. The highest BCUT2D eigenvalue weighted by Crippen LogP contribution is 2.13. The summed E-state index contributed by atoms with van der Waals surface area (Å²) in [5.41, 5.74) is 7.22. The Kier molecular flexibility index (Phi) is 57.6. The topological polar surface area (TPSA) is 397 Å². The number of hydrogen-bond acceptors (Lipinski definition) is 28. The molecule has 12 aromatic rings. The van der Waals surface area contributed by atoms with Crippen molar-refractivity contribution >= 4 is 89.9 Å². The van der Waals surface area contributed by atoms with Gasteiger partial charge in [-0.25, -0.2) is 57.5 Å². The first-order chi connectivity index (χ1) is 67.5. The van der Waals surface area contributed by atoms with Crippen molar-refractivity contribution < 1.29 is 135 Å². The van der Waals surface area contributed by atoms with Gasteiger partial charge in [-0.3, -0.25) is 0 Å². The predicted octanol–water partition coefficient (Wildman–Crippen LogP) is 17.3. The molecule has 0 aliphatic heterocycles. The molecule has 0 heterocycles. The molecule has 12 rings (SSSR count). The molecule has 0 saturated heterocycles. The van der Waals surface area contributed by atoms with Crippen LogP contribution in [0.25, 0.3) is 18.2 Å². The lowest BCUT2D eigenvalue weighted by Gasteiger charge is -2.13. The van der Waals surface area contributed by atoms with Crippen LogP contribution in [-0.2, 0) is 71.2 Å². The second kappa shape index (κ2) is 71.0. The van der Waals surface area contributed by atoms with Crippen molar-refractivity contribution in [1.29, 1.82) is 0 Å². The number of ether oxygens (including phenoxy) is 12. The molecule has 0 saturated carbocycles. The van der Waals surface area contributed by atoms with Gasteiger partial charge in [0.2, 0.25) is 0 Å². The molecule has 3 unspecified atom stereocenters. The largest absolute Gasteiger partial charge is 0.462 e. The third kappa shape index (κ3) is 52.6. The third-order valence-corrected chi connectivity index (χ3v) is 17.2. The average Bonchev–Trinajstić information content (AvgIpc) is 0.886. The molecular weight excluding hydrogens is 1780 g/mol. The first-order valence-corrected chi connectivity index (χ1v) is 43.8. The van der Waals surface area contributed by atoms with Crippen LogP contribution in [-0.4, -0.2) is 196 Å². The quantitative estimate of drug-likeness (QED) is 0.0122. The van der Waals surface area contributed by atoms with E-state index in [2.05, 4.69) is 4.74 Å². The summed E-state index contributed by atoms with van der Waals surface area (Å²) in [4.78, 5) is 138. The fourth-order valence-electron chi connectivity index (χ4n) is 10.4. The highest BCUT2D eigenvalue weighted by Gasteiger charge is 2.17. The van der Waals surface area contributed by atoms with E-state index >= 15 is 0 Å². The number of hydrogen-bond donors (Lipinski definition) is 4. The molecule has 4 N–H and O–H groups in total. The van der Waals surface area contributed by atoms with Crippen molar-refractivity contribution in [3.63, 3.8) is 0 Å². The van der Waals surface area contributed by atoms with E-state index in [1.54, 1.807) is 257 Å². The maximum absolute atomic E-state index is 11.8. The Morgan fingerprint density at radius 3 is 0.662 bits per heavy atom. The van der Waals surface area contributed by atoms with Crippen LogP contribution in [0.4, 0.5) is 0 Å². The van der Waals surface area contributed by atoms with Crippen LogP contribution in [0, 0.1) is 0 Å².